The molecule has 0 saturated heterocycles. The van der Waals surface area contributed by atoms with E-state index in [0.717, 1.165) is 23.1 Å². The Morgan fingerprint density at radius 1 is 1.15 bits per heavy atom. The highest BCUT2D eigenvalue weighted by atomic mass is 32.2. The number of pyridine rings is 1. The predicted octanol–water partition coefficient (Wildman–Crippen LogP) is 2.95. The number of fused-ring (bicyclic) bond motifs is 3. The number of benzene rings is 2. The highest BCUT2D eigenvalue weighted by Crippen LogP contribution is 2.36. The molecule has 0 aliphatic carbocycles. The van der Waals surface area contributed by atoms with Gasteiger partial charge in [0.1, 0.15) is 11.9 Å². The van der Waals surface area contributed by atoms with Crippen LogP contribution < -0.4 is 10.9 Å². The van der Waals surface area contributed by atoms with Crippen LogP contribution in [-0.2, 0) is 15.6 Å². The summed E-state index contributed by atoms with van der Waals surface area (Å²) in [6, 6.07) is 4.52. The van der Waals surface area contributed by atoms with E-state index in [-0.39, 0.29) is 33.3 Å². The molecule has 4 rings (SSSR count). The number of urea groups is 1. The van der Waals surface area contributed by atoms with E-state index in [2.05, 4.69) is 10.3 Å². The van der Waals surface area contributed by atoms with Crippen LogP contribution in [0.25, 0.3) is 10.8 Å². The zero-order valence-electron chi connectivity index (χ0n) is 16.9. The molecule has 0 bridgehead atoms. The maximum absolute atomic E-state index is 14.0. The van der Waals surface area contributed by atoms with Crippen LogP contribution in [0.4, 0.5) is 23.7 Å². The summed E-state index contributed by atoms with van der Waals surface area (Å²) < 4.78 is 66.3. The van der Waals surface area contributed by atoms with Crippen molar-refractivity contribution in [3.63, 3.8) is 0 Å². The number of aromatic nitrogens is 1. The van der Waals surface area contributed by atoms with Gasteiger partial charge in [0.05, 0.1) is 28.5 Å². The summed E-state index contributed by atoms with van der Waals surface area (Å²) in [5, 5.41) is 11.2. The molecular formula is C21H15F3N4O4S. The molecule has 3 aromatic rings. The van der Waals surface area contributed by atoms with Crippen LogP contribution in [0.3, 0.4) is 0 Å². The Labute approximate surface area is 185 Å². The molecule has 2 aromatic carbocycles. The second kappa shape index (κ2) is 7.93. The van der Waals surface area contributed by atoms with E-state index < -0.39 is 56.4 Å². The van der Waals surface area contributed by atoms with Crippen LogP contribution in [0.2, 0.25) is 0 Å². The number of hydrogen-bond acceptors (Lipinski definition) is 5. The second-order valence-electron chi connectivity index (χ2n) is 7.58. The van der Waals surface area contributed by atoms with Crippen molar-refractivity contribution in [1.82, 2.24) is 9.88 Å². The van der Waals surface area contributed by atoms with Crippen molar-refractivity contribution in [2.24, 2.45) is 0 Å². The van der Waals surface area contributed by atoms with E-state index in [1.165, 1.54) is 13.1 Å². The highest BCUT2D eigenvalue weighted by Gasteiger charge is 2.37. The van der Waals surface area contributed by atoms with Crippen molar-refractivity contribution in [3.8, 4) is 6.07 Å². The molecule has 1 aliphatic heterocycles. The lowest BCUT2D eigenvalue weighted by Crippen LogP contribution is -2.41. The number of halogens is 3. The summed E-state index contributed by atoms with van der Waals surface area (Å²) in [5.41, 5.74) is -0.859. The number of rotatable bonds is 2. The Morgan fingerprint density at radius 2 is 1.82 bits per heavy atom. The van der Waals surface area contributed by atoms with Gasteiger partial charge in [-0.05, 0) is 35.7 Å². The van der Waals surface area contributed by atoms with Crippen LogP contribution in [0.1, 0.15) is 22.9 Å². The van der Waals surface area contributed by atoms with Crippen LogP contribution in [0.15, 0.2) is 35.1 Å². The van der Waals surface area contributed by atoms with Gasteiger partial charge in [-0.2, -0.15) is 5.26 Å². The van der Waals surface area contributed by atoms with Crippen molar-refractivity contribution >= 4 is 32.3 Å². The number of carbonyl (C=O) groups is 1. The molecule has 1 aliphatic rings. The van der Waals surface area contributed by atoms with E-state index >= 15 is 0 Å². The number of nitrogens with one attached hydrogen (secondary N) is 2. The summed E-state index contributed by atoms with van der Waals surface area (Å²) in [7, 11) is -2.48. The molecule has 12 heteroatoms. The topological polar surface area (TPSA) is 123 Å². The number of carbonyl (C=O) groups excluding carboxylic acids is 1. The summed E-state index contributed by atoms with van der Waals surface area (Å²) in [4.78, 5) is 28.7. The predicted molar refractivity (Wildman–Crippen MR) is 113 cm³/mol. The van der Waals surface area contributed by atoms with E-state index in [0.29, 0.717) is 6.07 Å². The van der Waals surface area contributed by atoms with Crippen LogP contribution in [0.5, 0.6) is 0 Å². The average molecular weight is 476 g/mol. The van der Waals surface area contributed by atoms with Gasteiger partial charge < -0.3 is 15.2 Å². The highest BCUT2D eigenvalue weighted by molar-refractivity contribution is 7.90. The van der Waals surface area contributed by atoms with Gasteiger partial charge in [-0.1, -0.05) is 0 Å². The van der Waals surface area contributed by atoms with Gasteiger partial charge in [0, 0.05) is 24.0 Å². The van der Waals surface area contributed by atoms with Crippen molar-refractivity contribution in [3.05, 3.63) is 75.0 Å². The third-order valence-corrected chi connectivity index (χ3v) is 6.97. The van der Waals surface area contributed by atoms with Crippen molar-refractivity contribution in [2.75, 3.05) is 18.1 Å². The average Bonchev–Trinajstić information content (AvgIpc) is 2.74. The number of nitrogens with zero attached hydrogens (tertiary/aromatic N) is 2. The number of anilines is 1. The SMILES string of the molecule is CN(C(=O)Nc1ccc(F)c(C#N)c1)[C@H]1CS(=O)(=O)Cc2[nH]c(=O)c3cc(F)c(F)cc3c21. The molecule has 33 heavy (non-hydrogen) atoms. The van der Waals surface area contributed by atoms with Crippen molar-refractivity contribution in [2.45, 2.75) is 11.8 Å². The first-order chi connectivity index (χ1) is 15.5. The van der Waals surface area contributed by atoms with E-state index in [1.807, 2.05) is 0 Å². The monoisotopic (exact) mass is 476 g/mol. The zero-order valence-corrected chi connectivity index (χ0v) is 17.8. The van der Waals surface area contributed by atoms with Gasteiger partial charge in [0.25, 0.3) is 5.56 Å². The Bertz CT molecular complexity index is 1530. The van der Waals surface area contributed by atoms with Crippen LogP contribution in [0, 0.1) is 28.8 Å². The molecular weight excluding hydrogens is 461 g/mol. The lowest BCUT2D eigenvalue weighted by atomic mass is 9.97. The molecule has 1 aromatic heterocycles. The first-order valence-corrected chi connectivity index (χ1v) is 11.3. The van der Waals surface area contributed by atoms with E-state index in [9.17, 15) is 31.2 Å². The molecule has 1 atom stereocenters. The first kappa shape index (κ1) is 22.3. The molecule has 170 valence electrons. The third-order valence-electron chi connectivity index (χ3n) is 5.42. The number of hydrogen-bond donors (Lipinski definition) is 2. The first-order valence-electron chi connectivity index (χ1n) is 9.48. The lowest BCUT2D eigenvalue weighted by Gasteiger charge is -2.33. The van der Waals surface area contributed by atoms with Crippen LogP contribution in [-0.4, -0.2) is 37.1 Å². The maximum Gasteiger partial charge on any atom is 0.322 e. The molecule has 0 radical (unpaired) electrons. The minimum Gasteiger partial charge on any atom is -0.324 e. The Kier molecular flexibility index (Phi) is 5.37. The minimum atomic E-state index is -3.77. The summed E-state index contributed by atoms with van der Waals surface area (Å²) in [6.45, 7) is 0. The molecule has 2 N–H and O–H groups in total. The van der Waals surface area contributed by atoms with Gasteiger partial charge in [-0.15, -0.1) is 0 Å². The minimum absolute atomic E-state index is 0.0132. The Hall–Kier alpha value is -3.85. The standard InChI is InChI=1S/C21H15F3N4O4S/c1-28(21(30)26-11-2-3-14(22)10(4-11)7-25)18-9-33(31,32)8-17-19(18)12-5-15(23)16(24)6-13(12)20(29)27-17/h2-6,18H,8-9H2,1H3,(H,26,30)(H,27,29)/t18-/m0/s1. The fraction of sp³-hybridized carbons (Fsp3) is 0.190. The molecule has 2 heterocycles. The van der Waals surface area contributed by atoms with Crippen molar-refractivity contribution < 1.29 is 26.4 Å². The Morgan fingerprint density at radius 3 is 2.48 bits per heavy atom. The zero-order chi connectivity index (χ0) is 24.1. The summed E-state index contributed by atoms with van der Waals surface area (Å²) in [6.07, 6.45) is 0. The quantitative estimate of drug-likeness (QED) is 0.589. The summed E-state index contributed by atoms with van der Waals surface area (Å²) >= 11 is 0. The van der Waals surface area contributed by atoms with Crippen molar-refractivity contribution in [1.29, 1.82) is 5.26 Å². The molecule has 2 amide bonds. The number of H-pyrrole nitrogens is 1. The number of amides is 2. The van der Waals surface area contributed by atoms with Gasteiger partial charge in [-0.3, -0.25) is 4.79 Å². The number of nitriles is 1. The van der Waals surface area contributed by atoms with Gasteiger partial charge in [-0.25, -0.2) is 26.4 Å². The smallest absolute Gasteiger partial charge is 0.322 e. The lowest BCUT2D eigenvalue weighted by molar-refractivity contribution is 0.208. The van der Waals surface area contributed by atoms with Gasteiger partial charge in [0.2, 0.25) is 0 Å². The maximum atomic E-state index is 14.0. The number of sulfone groups is 1. The van der Waals surface area contributed by atoms with E-state index in [1.54, 1.807) is 6.07 Å². The van der Waals surface area contributed by atoms with E-state index in [4.69, 9.17) is 5.26 Å². The fourth-order valence-corrected chi connectivity index (χ4v) is 5.49. The Balaban J connectivity index is 1.80. The normalized spacial score (nSPS) is 16.6. The largest absolute Gasteiger partial charge is 0.324 e. The fourth-order valence-electron chi connectivity index (χ4n) is 3.84. The molecule has 0 saturated carbocycles. The third kappa shape index (κ3) is 4.03. The summed E-state index contributed by atoms with van der Waals surface area (Å²) in [5.74, 6) is -4.33. The second-order valence-corrected chi connectivity index (χ2v) is 9.69. The number of aromatic amines is 1. The van der Waals surface area contributed by atoms with Crippen LogP contribution >= 0.6 is 0 Å². The molecule has 0 spiro atoms. The van der Waals surface area contributed by atoms with Gasteiger partial charge in [0.15, 0.2) is 21.5 Å². The molecule has 8 nitrogen and oxygen atoms in total. The van der Waals surface area contributed by atoms with Gasteiger partial charge >= 0.3 is 6.03 Å². The molecule has 0 fully saturated rings. The molecule has 0 unspecified atom stereocenters.